The molecule has 2 fully saturated rings. The highest BCUT2D eigenvalue weighted by Crippen LogP contribution is 2.19. The predicted octanol–water partition coefficient (Wildman–Crippen LogP) is 0.316. The Hall–Kier alpha value is -0.870. The summed E-state index contributed by atoms with van der Waals surface area (Å²) in [7, 11) is 0. The van der Waals surface area contributed by atoms with Crippen LogP contribution in [0.4, 0.5) is 0 Å². The van der Waals surface area contributed by atoms with Crippen LogP contribution < -0.4 is 5.32 Å². The van der Waals surface area contributed by atoms with Crippen LogP contribution in [0.5, 0.6) is 0 Å². The summed E-state index contributed by atoms with van der Waals surface area (Å²) in [4.78, 5) is 16.7. The summed E-state index contributed by atoms with van der Waals surface area (Å²) in [6.45, 7) is 10.4. The maximum Gasteiger partial charge on any atom is 0.225 e. The van der Waals surface area contributed by atoms with E-state index >= 15 is 0 Å². The molecule has 0 aromatic carbocycles. The van der Waals surface area contributed by atoms with Gasteiger partial charge in [-0.25, -0.2) is 0 Å². The van der Waals surface area contributed by atoms with Gasteiger partial charge in [0.2, 0.25) is 5.91 Å². The Kier molecular flexibility index (Phi) is 4.57. The largest absolute Gasteiger partial charge is 0.340 e. The molecule has 0 atom stereocenters. The number of hydrogen-bond donors (Lipinski definition) is 1. The molecule has 0 aromatic heterocycles. The monoisotopic (exact) mass is 237 g/mol. The fourth-order valence-electron chi connectivity index (χ4n) is 2.69. The number of nitrogens with one attached hydrogen (secondary N) is 1. The highest BCUT2D eigenvalue weighted by molar-refractivity contribution is 5.79. The number of rotatable bonds is 3. The van der Waals surface area contributed by atoms with Crippen LogP contribution in [0.25, 0.3) is 0 Å². The number of nitrogens with zero attached hydrogens (tertiary/aromatic N) is 2. The number of carbonyl (C=O) groups is 1. The van der Waals surface area contributed by atoms with E-state index in [0.29, 0.717) is 5.91 Å². The highest BCUT2D eigenvalue weighted by Gasteiger charge is 2.28. The zero-order valence-corrected chi connectivity index (χ0v) is 10.5. The van der Waals surface area contributed by atoms with Crippen LogP contribution >= 0.6 is 0 Å². The van der Waals surface area contributed by atoms with Crippen molar-refractivity contribution >= 4 is 5.91 Å². The number of carbonyl (C=O) groups excluding carboxylic acids is 1. The topological polar surface area (TPSA) is 35.6 Å². The number of piperidine rings is 1. The van der Waals surface area contributed by atoms with E-state index in [9.17, 15) is 4.79 Å². The molecule has 0 unspecified atom stereocenters. The lowest BCUT2D eigenvalue weighted by molar-refractivity contribution is -0.137. The van der Waals surface area contributed by atoms with Crippen LogP contribution in [0.1, 0.15) is 12.8 Å². The van der Waals surface area contributed by atoms with Crippen LogP contribution in [0.15, 0.2) is 12.7 Å². The molecule has 96 valence electrons. The number of likely N-dealkylation sites (tertiary alicyclic amines) is 1. The van der Waals surface area contributed by atoms with E-state index in [1.54, 1.807) is 0 Å². The van der Waals surface area contributed by atoms with Crippen molar-refractivity contribution in [2.24, 2.45) is 5.92 Å². The number of hydrogen-bond acceptors (Lipinski definition) is 3. The quantitative estimate of drug-likeness (QED) is 0.718. The summed E-state index contributed by atoms with van der Waals surface area (Å²) in [6, 6.07) is 0. The van der Waals surface area contributed by atoms with Gasteiger partial charge in [0.25, 0.3) is 0 Å². The average molecular weight is 237 g/mol. The minimum atomic E-state index is 0.258. The smallest absolute Gasteiger partial charge is 0.225 e. The summed E-state index contributed by atoms with van der Waals surface area (Å²) < 4.78 is 0. The summed E-state index contributed by atoms with van der Waals surface area (Å²) in [6.07, 6.45) is 3.96. The predicted molar refractivity (Wildman–Crippen MR) is 68.8 cm³/mol. The van der Waals surface area contributed by atoms with E-state index in [0.717, 1.165) is 58.7 Å². The van der Waals surface area contributed by atoms with Crippen molar-refractivity contribution in [3.05, 3.63) is 12.7 Å². The SMILES string of the molecule is C=CCN1CCC(C(=O)N2CCNCC2)CC1. The Labute approximate surface area is 104 Å². The zero-order chi connectivity index (χ0) is 12.1. The van der Waals surface area contributed by atoms with Crippen LogP contribution in [0, 0.1) is 5.92 Å². The van der Waals surface area contributed by atoms with Gasteiger partial charge in [0.15, 0.2) is 0 Å². The Morgan fingerprint density at radius 3 is 2.47 bits per heavy atom. The lowest BCUT2D eigenvalue weighted by Gasteiger charge is -2.35. The van der Waals surface area contributed by atoms with Crippen molar-refractivity contribution in [2.75, 3.05) is 45.8 Å². The van der Waals surface area contributed by atoms with E-state index in [2.05, 4.69) is 16.8 Å². The molecule has 2 rings (SSSR count). The first-order chi connectivity index (χ1) is 8.31. The molecule has 2 heterocycles. The van der Waals surface area contributed by atoms with Gasteiger partial charge in [0.05, 0.1) is 0 Å². The standard InChI is InChI=1S/C13H23N3O/c1-2-7-15-8-3-12(4-9-15)13(17)16-10-5-14-6-11-16/h2,12,14H,1,3-11H2. The second-order valence-electron chi connectivity index (χ2n) is 4.94. The van der Waals surface area contributed by atoms with E-state index < -0.39 is 0 Å². The van der Waals surface area contributed by atoms with Crippen molar-refractivity contribution in [2.45, 2.75) is 12.8 Å². The molecule has 2 aliphatic rings. The summed E-state index contributed by atoms with van der Waals surface area (Å²) >= 11 is 0. The van der Waals surface area contributed by atoms with Gasteiger partial charge < -0.3 is 10.2 Å². The molecule has 4 heteroatoms. The van der Waals surface area contributed by atoms with Crippen LogP contribution in [0.3, 0.4) is 0 Å². The first-order valence-electron chi connectivity index (χ1n) is 6.64. The van der Waals surface area contributed by atoms with Crippen molar-refractivity contribution in [1.82, 2.24) is 15.1 Å². The Morgan fingerprint density at radius 2 is 1.88 bits per heavy atom. The Balaban J connectivity index is 1.79. The van der Waals surface area contributed by atoms with Gasteiger partial charge in [0.1, 0.15) is 0 Å². The minimum Gasteiger partial charge on any atom is -0.340 e. The van der Waals surface area contributed by atoms with Gasteiger partial charge in [-0.2, -0.15) is 0 Å². The molecule has 1 amide bonds. The van der Waals surface area contributed by atoms with Gasteiger partial charge >= 0.3 is 0 Å². The van der Waals surface area contributed by atoms with E-state index in [1.807, 2.05) is 11.0 Å². The third-order valence-corrected chi connectivity index (χ3v) is 3.75. The molecule has 0 saturated carbocycles. The third-order valence-electron chi connectivity index (χ3n) is 3.75. The second-order valence-corrected chi connectivity index (χ2v) is 4.94. The molecule has 0 aliphatic carbocycles. The first kappa shape index (κ1) is 12.6. The maximum atomic E-state index is 12.3. The van der Waals surface area contributed by atoms with Gasteiger partial charge in [-0.15, -0.1) is 6.58 Å². The van der Waals surface area contributed by atoms with Crippen LogP contribution in [0.2, 0.25) is 0 Å². The number of piperazine rings is 1. The lowest BCUT2D eigenvalue weighted by Crippen LogP contribution is -2.50. The molecule has 2 aliphatic heterocycles. The molecule has 0 bridgehead atoms. The summed E-state index contributed by atoms with van der Waals surface area (Å²) in [5.41, 5.74) is 0. The fraction of sp³-hybridized carbons (Fsp3) is 0.769. The lowest BCUT2D eigenvalue weighted by atomic mass is 9.95. The third kappa shape index (κ3) is 3.30. The Morgan fingerprint density at radius 1 is 1.24 bits per heavy atom. The zero-order valence-electron chi connectivity index (χ0n) is 10.5. The molecular formula is C13H23N3O. The summed E-state index contributed by atoms with van der Waals surface area (Å²) in [5.74, 6) is 0.638. The average Bonchev–Trinajstić information content (AvgIpc) is 2.40. The van der Waals surface area contributed by atoms with Crippen LogP contribution in [-0.4, -0.2) is 61.5 Å². The molecule has 1 N–H and O–H groups in total. The van der Waals surface area contributed by atoms with Crippen molar-refractivity contribution in [3.8, 4) is 0 Å². The summed E-state index contributed by atoms with van der Waals surface area (Å²) in [5, 5.41) is 3.28. The molecule has 4 nitrogen and oxygen atoms in total. The van der Waals surface area contributed by atoms with Crippen molar-refractivity contribution in [1.29, 1.82) is 0 Å². The van der Waals surface area contributed by atoms with Gasteiger partial charge in [-0.3, -0.25) is 9.69 Å². The fourth-order valence-corrected chi connectivity index (χ4v) is 2.69. The van der Waals surface area contributed by atoms with Crippen molar-refractivity contribution in [3.63, 3.8) is 0 Å². The van der Waals surface area contributed by atoms with Crippen molar-refractivity contribution < 1.29 is 4.79 Å². The number of amides is 1. The molecule has 17 heavy (non-hydrogen) atoms. The maximum absolute atomic E-state index is 12.3. The molecular weight excluding hydrogens is 214 g/mol. The minimum absolute atomic E-state index is 0.258. The van der Waals surface area contributed by atoms with E-state index in [-0.39, 0.29) is 5.92 Å². The normalized spacial score (nSPS) is 23.6. The molecule has 2 saturated heterocycles. The van der Waals surface area contributed by atoms with Gasteiger partial charge in [-0.05, 0) is 25.9 Å². The van der Waals surface area contributed by atoms with E-state index in [4.69, 9.17) is 0 Å². The molecule has 0 radical (unpaired) electrons. The first-order valence-corrected chi connectivity index (χ1v) is 6.64. The Bertz CT molecular complexity index is 266. The van der Waals surface area contributed by atoms with Gasteiger partial charge in [0, 0.05) is 38.6 Å². The van der Waals surface area contributed by atoms with Gasteiger partial charge in [-0.1, -0.05) is 6.08 Å². The highest BCUT2D eigenvalue weighted by atomic mass is 16.2. The second kappa shape index (κ2) is 6.17. The molecule has 0 spiro atoms. The molecule has 0 aromatic rings. The van der Waals surface area contributed by atoms with Crippen LogP contribution in [-0.2, 0) is 4.79 Å². The van der Waals surface area contributed by atoms with E-state index in [1.165, 1.54) is 0 Å².